The first-order valence-corrected chi connectivity index (χ1v) is 16.8. The molecule has 10 nitrogen and oxygen atoms in total. The second-order valence-corrected chi connectivity index (χ2v) is 14.0. The molecule has 0 spiro atoms. The number of hydrogen-bond acceptors (Lipinski definition) is 8. The number of aromatic amines is 1. The molecule has 0 aliphatic heterocycles. The van der Waals surface area contributed by atoms with Crippen molar-refractivity contribution in [3.05, 3.63) is 88.1 Å². The Morgan fingerprint density at radius 2 is 1.76 bits per heavy atom. The van der Waals surface area contributed by atoms with Crippen LogP contribution in [0.3, 0.4) is 0 Å². The summed E-state index contributed by atoms with van der Waals surface area (Å²) in [4.78, 5) is 19.9. The Morgan fingerprint density at radius 1 is 0.980 bits per heavy atom. The van der Waals surface area contributed by atoms with E-state index in [1.165, 1.54) is 5.56 Å². The summed E-state index contributed by atoms with van der Waals surface area (Å²) < 4.78 is 16.9. The molecule has 1 amide bonds. The minimum atomic E-state index is -0.116. The Morgan fingerprint density at radius 3 is 2.45 bits per heavy atom. The summed E-state index contributed by atoms with van der Waals surface area (Å²) in [7, 11) is 4.84. The van der Waals surface area contributed by atoms with Crippen LogP contribution in [0.5, 0.6) is 17.2 Å². The zero-order valence-electron chi connectivity index (χ0n) is 28.9. The van der Waals surface area contributed by atoms with E-state index in [0.717, 1.165) is 76.5 Å². The summed E-state index contributed by atoms with van der Waals surface area (Å²) in [6.07, 6.45) is 6.49. The number of rotatable bonds is 7. The van der Waals surface area contributed by atoms with Crippen molar-refractivity contribution in [2.45, 2.75) is 58.9 Å². The third-order valence-electron chi connectivity index (χ3n) is 10.1. The molecule has 2 heterocycles. The summed E-state index contributed by atoms with van der Waals surface area (Å²) in [5, 5.41) is 18.9. The Kier molecular flexibility index (Phi) is 8.56. The van der Waals surface area contributed by atoms with Gasteiger partial charge in [0.25, 0.3) is 5.91 Å². The molecular weight excluding hydrogens is 616 g/mol. The van der Waals surface area contributed by atoms with Gasteiger partial charge in [-0.2, -0.15) is 5.21 Å². The van der Waals surface area contributed by atoms with Crippen LogP contribution in [0, 0.1) is 11.3 Å². The average Bonchev–Trinajstić information content (AvgIpc) is 3.65. The number of tetrazole rings is 1. The Bertz CT molecular complexity index is 2040. The van der Waals surface area contributed by atoms with Gasteiger partial charge in [0.2, 0.25) is 11.6 Å². The van der Waals surface area contributed by atoms with Crippen LogP contribution in [0.15, 0.2) is 54.6 Å². The lowest BCUT2D eigenvalue weighted by Gasteiger charge is -2.37. The molecule has 5 aromatic rings. The van der Waals surface area contributed by atoms with Gasteiger partial charge in [-0.15, -0.1) is 10.2 Å². The molecule has 2 N–H and O–H groups in total. The molecular formula is C39H42N6O4. The molecule has 2 aliphatic carbocycles. The molecule has 0 saturated heterocycles. The Balaban J connectivity index is 1.34. The van der Waals surface area contributed by atoms with Gasteiger partial charge in [0, 0.05) is 10.9 Å². The fraction of sp³-hybridized carbons (Fsp3) is 0.359. The highest BCUT2D eigenvalue weighted by atomic mass is 16.5. The van der Waals surface area contributed by atoms with E-state index < -0.39 is 0 Å². The number of carbonyl (C=O) groups excluding carboxylic acids is 1. The van der Waals surface area contributed by atoms with Gasteiger partial charge in [0.05, 0.1) is 44.1 Å². The normalized spacial score (nSPS) is 18.1. The number of fused-ring (bicyclic) bond motifs is 3. The van der Waals surface area contributed by atoms with Gasteiger partial charge in [-0.1, -0.05) is 51.1 Å². The monoisotopic (exact) mass is 658 g/mol. The number of hydrogen-bond donors (Lipinski definition) is 2. The van der Waals surface area contributed by atoms with E-state index in [9.17, 15) is 4.79 Å². The highest BCUT2D eigenvalue weighted by molar-refractivity contribution is 6.09. The largest absolute Gasteiger partial charge is 0.493 e. The second-order valence-electron chi connectivity index (χ2n) is 14.0. The van der Waals surface area contributed by atoms with E-state index in [0.29, 0.717) is 28.6 Å². The number of allylic oxidation sites excluding steroid dienone is 1. The van der Waals surface area contributed by atoms with E-state index in [2.05, 4.69) is 64.9 Å². The van der Waals surface area contributed by atoms with Crippen molar-refractivity contribution >= 4 is 28.5 Å². The third-order valence-corrected chi connectivity index (χ3v) is 10.1. The minimum Gasteiger partial charge on any atom is -0.493 e. The smallest absolute Gasteiger partial charge is 0.252 e. The lowest BCUT2D eigenvalue weighted by Crippen LogP contribution is -2.34. The fourth-order valence-electron chi connectivity index (χ4n) is 7.40. The van der Waals surface area contributed by atoms with E-state index in [1.54, 1.807) is 21.3 Å². The number of para-hydroxylation sites is 1. The summed E-state index contributed by atoms with van der Waals surface area (Å²) in [5.41, 5.74) is 8.58. The molecule has 0 fully saturated rings. The van der Waals surface area contributed by atoms with Gasteiger partial charge < -0.3 is 19.5 Å². The topological polar surface area (TPSA) is 124 Å². The molecule has 7 rings (SSSR count). The van der Waals surface area contributed by atoms with Gasteiger partial charge in [-0.05, 0) is 107 Å². The summed E-state index contributed by atoms with van der Waals surface area (Å²) in [6.45, 7) is 6.82. The number of aryl methyl sites for hydroxylation is 1. The number of ether oxygens (including phenoxy) is 3. The molecule has 2 aromatic heterocycles. The summed E-state index contributed by atoms with van der Waals surface area (Å²) >= 11 is 0. The molecule has 252 valence electrons. The minimum absolute atomic E-state index is 0.00974. The van der Waals surface area contributed by atoms with Crippen LogP contribution in [-0.4, -0.2) is 52.8 Å². The van der Waals surface area contributed by atoms with Gasteiger partial charge in [0.15, 0.2) is 11.5 Å². The maximum atomic E-state index is 14.7. The van der Waals surface area contributed by atoms with Gasteiger partial charge in [-0.3, -0.25) is 4.79 Å². The maximum absolute atomic E-state index is 14.7. The fourth-order valence-corrected chi connectivity index (χ4v) is 7.40. The van der Waals surface area contributed by atoms with Gasteiger partial charge in [-0.25, -0.2) is 4.98 Å². The molecule has 2 unspecified atom stereocenters. The summed E-state index contributed by atoms with van der Waals surface area (Å²) in [6, 6.07) is 18.0. The number of benzene rings is 3. The zero-order chi connectivity index (χ0) is 34.3. The standard InChI is InChI=1S/C39H42N6O4/c1-39(2,3)26-20-25(16-22-17-32(47-4)36(49-6)33(18-22)48-5)35-29(21-26)34(28-11-7-8-12-31(28)40-35)38(46)41-30-13-9-10-23-19-24(14-15-27(23)30)37-42-44-45-43-37/h7-8,11-12,14-19,26,30H,9-10,13,20-21H2,1-6H3,(H,41,46)(H,42,43,44,45)/b25-16-. The third kappa shape index (κ3) is 6.11. The molecule has 0 saturated carbocycles. The van der Waals surface area contributed by atoms with E-state index >= 15 is 0 Å². The molecule has 49 heavy (non-hydrogen) atoms. The number of carbonyl (C=O) groups is 1. The van der Waals surface area contributed by atoms with Crippen molar-refractivity contribution in [1.82, 2.24) is 30.9 Å². The van der Waals surface area contributed by atoms with Crippen molar-refractivity contribution in [3.8, 4) is 28.6 Å². The number of aromatic nitrogens is 5. The van der Waals surface area contributed by atoms with Gasteiger partial charge in [0.1, 0.15) is 0 Å². The maximum Gasteiger partial charge on any atom is 0.252 e. The Hall–Kier alpha value is -5.25. The van der Waals surface area contributed by atoms with E-state index in [4.69, 9.17) is 19.2 Å². The first kappa shape index (κ1) is 32.3. The van der Waals surface area contributed by atoms with Crippen molar-refractivity contribution in [1.29, 1.82) is 0 Å². The highest BCUT2D eigenvalue weighted by Gasteiger charge is 2.36. The van der Waals surface area contributed by atoms with Crippen molar-refractivity contribution < 1.29 is 19.0 Å². The number of pyridine rings is 1. The SMILES string of the molecule is COc1cc(/C=C2/CC(C(C)(C)C)Cc3c2nc2ccccc2c3C(=O)NC2CCCc3cc(-c4nn[nH]n4)ccc32)cc(OC)c1OC. The second kappa shape index (κ2) is 13.0. The molecule has 0 bridgehead atoms. The van der Waals surface area contributed by atoms with Crippen molar-refractivity contribution in [3.63, 3.8) is 0 Å². The van der Waals surface area contributed by atoms with Crippen LogP contribution in [0.1, 0.15) is 84.4 Å². The van der Waals surface area contributed by atoms with Crippen molar-refractivity contribution in [2.75, 3.05) is 21.3 Å². The average molecular weight is 659 g/mol. The van der Waals surface area contributed by atoms with Crippen LogP contribution in [0.2, 0.25) is 0 Å². The lowest BCUT2D eigenvalue weighted by molar-refractivity contribution is 0.0932. The molecule has 10 heteroatoms. The highest BCUT2D eigenvalue weighted by Crippen LogP contribution is 2.46. The van der Waals surface area contributed by atoms with E-state index in [1.807, 2.05) is 42.5 Å². The quantitative estimate of drug-likeness (QED) is 0.185. The number of nitrogens with one attached hydrogen (secondary N) is 2. The number of nitrogens with zero attached hydrogens (tertiary/aromatic N) is 4. The van der Waals surface area contributed by atoms with Gasteiger partial charge >= 0.3 is 0 Å². The van der Waals surface area contributed by atoms with Crippen LogP contribution < -0.4 is 19.5 Å². The first-order chi connectivity index (χ1) is 23.7. The lowest BCUT2D eigenvalue weighted by atomic mass is 9.68. The molecule has 2 atom stereocenters. The predicted molar refractivity (Wildman–Crippen MR) is 190 cm³/mol. The Labute approximate surface area is 286 Å². The zero-order valence-corrected chi connectivity index (χ0v) is 28.9. The first-order valence-electron chi connectivity index (χ1n) is 16.8. The number of amides is 1. The van der Waals surface area contributed by atoms with Crippen LogP contribution in [-0.2, 0) is 12.8 Å². The van der Waals surface area contributed by atoms with Crippen molar-refractivity contribution in [2.24, 2.45) is 11.3 Å². The number of methoxy groups -OCH3 is 3. The van der Waals surface area contributed by atoms with Crippen LogP contribution >= 0.6 is 0 Å². The van der Waals surface area contributed by atoms with Crippen LogP contribution in [0.4, 0.5) is 0 Å². The molecule has 2 aliphatic rings. The number of H-pyrrole nitrogens is 1. The molecule has 0 radical (unpaired) electrons. The van der Waals surface area contributed by atoms with E-state index in [-0.39, 0.29) is 23.3 Å². The summed E-state index contributed by atoms with van der Waals surface area (Å²) in [5.74, 6) is 2.48. The van der Waals surface area contributed by atoms with Crippen LogP contribution in [0.25, 0.3) is 33.9 Å². The molecule has 3 aromatic carbocycles. The predicted octanol–water partition coefficient (Wildman–Crippen LogP) is 7.40.